The maximum Gasteiger partial charge on any atom is 0.0361 e. The highest BCUT2D eigenvalue weighted by atomic mass is 15.1. The van der Waals surface area contributed by atoms with Crippen molar-refractivity contribution in [3.63, 3.8) is 0 Å². The largest absolute Gasteiger partial charge is 0.378 e. The molecular weight excluding hydrogens is 258 g/mol. The molecule has 0 amide bonds. The van der Waals surface area contributed by atoms with E-state index in [1.165, 1.54) is 37.2 Å². The van der Waals surface area contributed by atoms with Crippen LogP contribution in [-0.4, -0.2) is 43.7 Å². The Labute approximate surface area is 130 Å². The molecule has 0 bridgehead atoms. The molecule has 118 valence electrons. The van der Waals surface area contributed by atoms with Gasteiger partial charge in [0.05, 0.1) is 0 Å². The minimum absolute atomic E-state index is 0.231. The number of hydrogen-bond donors (Lipinski definition) is 1. The molecule has 3 nitrogen and oxygen atoms in total. The number of hydrogen-bond acceptors (Lipinski definition) is 3. The first kappa shape index (κ1) is 16.3. The van der Waals surface area contributed by atoms with Crippen molar-refractivity contribution < 1.29 is 0 Å². The van der Waals surface area contributed by atoms with Crippen LogP contribution in [0.1, 0.15) is 39.2 Å². The van der Waals surface area contributed by atoms with E-state index in [2.05, 4.69) is 74.2 Å². The lowest BCUT2D eigenvalue weighted by molar-refractivity contribution is 0.175. The zero-order chi connectivity index (χ0) is 15.5. The molecule has 0 unspecified atom stereocenters. The molecule has 3 heteroatoms. The van der Waals surface area contributed by atoms with Gasteiger partial charge in [0.15, 0.2) is 0 Å². The van der Waals surface area contributed by atoms with Crippen molar-refractivity contribution in [3.8, 4) is 0 Å². The molecule has 1 heterocycles. The van der Waals surface area contributed by atoms with Crippen LogP contribution in [0, 0.1) is 0 Å². The molecule has 0 atom stereocenters. The van der Waals surface area contributed by atoms with Gasteiger partial charge in [0, 0.05) is 37.9 Å². The number of nitrogens with zero attached hydrogens (tertiary/aromatic N) is 2. The van der Waals surface area contributed by atoms with Gasteiger partial charge in [-0.2, -0.15) is 0 Å². The summed E-state index contributed by atoms with van der Waals surface area (Å²) in [5.41, 5.74) is 2.92. The van der Waals surface area contributed by atoms with Crippen molar-refractivity contribution in [3.05, 3.63) is 29.8 Å². The highest BCUT2D eigenvalue weighted by Crippen LogP contribution is 2.18. The molecule has 1 aliphatic rings. The van der Waals surface area contributed by atoms with Crippen molar-refractivity contribution in [2.45, 2.75) is 51.7 Å². The van der Waals surface area contributed by atoms with Crippen LogP contribution in [0.2, 0.25) is 0 Å². The summed E-state index contributed by atoms with van der Waals surface area (Å²) in [6, 6.07) is 9.62. The normalized spacial score (nSPS) is 18.0. The van der Waals surface area contributed by atoms with Crippen molar-refractivity contribution in [1.29, 1.82) is 0 Å². The van der Waals surface area contributed by atoms with E-state index in [0.717, 1.165) is 6.54 Å². The molecule has 0 spiro atoms. The Hall–Kier alpha value is -1.06. The topological polar surface area (TPSA) is 18.5 Å². The third-order valence-electron chi connectivity index (χ3n) is 4.08. The van der Waals surface area contributed by atoms with Crippen LogP contribution < -0.4 is 10.2 Å². The van der Waals surface area contributed by atoms with E-state index < -0.39 is 0 Å². The Kier molecular flexibility index (Phi) is 5.28. The summed E-state index contributed by atoms with van der Waals surface area (Å²) in [5.74, 6) is 0. The van der Waals surface area contributed by atoms with Crippen molar-refractivity contribution >= 4 is 5.69 Å². The zero-order valence-corrected chi connectivity index (χ0v) is 14.3. The van der Waals surface area contributed by atoms with Gasteiger partial charge in [-0.05, 0) is 64.4 Å². The second-order valence-electron chi connectivity index (χ2n) is 7.51. The average molecular weight is 289 g/mol. The Bertz CT molecular complexity index is 423. The lowest BCUT2D eigenvalue weighted by Gasteiger charge is -2.36. The average Bonchev–Trinajstić information content (AvgIpc) is 2.40. The summed E-state index contributed by atoms with van der Waals surface area (Å²) in [5, 5.41) is 3.73. The van der Waals surface area contributed by atoms with Crippen molar-refractivity contribution in [1.82, 2.24) is 10.2 Å². The smallest absolute Gasteiger partial charge is 0.0361 e. The van der Waals surface area contributed by atoms with Crippen LogP contribution in [0.4, 0.5) is 5.69 Å². The molecule has 1 aromatic rings. The second-order valence-corrected chi connectivity index (χ2v) is 7.51. The summed E-state index contributed by atoms with van der Waals surface area (Å²) in [7, 11) is 4.17. The minimum Gasteiger partial charge on any atom is -0.378 e. The zero-order valence-electron chi connectivity index (χ0n) is 14.3. The molecule has 0 aliphatic carbocycles. The lowest BCUT2D eigenvalue weighted by atomic mass is 9.99. The van der Waals surface area contributed by atoms with Gasteiger partial charge >= 0.3 is 0 Å². The molecule has 1 aromatic carbocycles. The molecule has 21 heavy (non-hydrogen) atoms. The monoisotopic (exact) mass is 289 g/mol. The molecule has 1 fully saturated rings. The molecule has 0 radical (unpaired) electrons. The van der Waals surface area contributed by atoms with Gasteiger partial charge in [-0.1, -0.05) is 12.1 Å². The van der Waals surface area contributed by atoms with Gasteiger partial charge < -0.3 is 10.2 Å². The molecule has 0 saturated carbocycles. The van der Waals surface area contributed by atoms with Crippen LogP contribution in [0.5, 0.6) is 0 Å². The Balaban J connectivity index is 1.80. The molecule has 1 saturated heterocycles. The van der Waals surface area contributed by atoms with Gasteiger partial charge in [-0.15, -0.1) is 0 Å². The molecule has 0 aromatic heterocycles. The Morgan fingerprint density at radius 3 is 2.14 bits per heavy atom. The summed E-state index contributed by atoms with van der Waals surface area (Å²) < 4.78 is 0. The Morgan fingerprint density at radius 1 is 1.10 bits per heavy atom. The van der Waals surface area contributed by atoms with Crippen molar-refractivity contribution in [2.75, 3.05) is 32.1 Å². The second kappa shape index (κ2) is 6.80. The lowest BCUT2D eigenvalue weighted by Crippen LogP contribution is -2.49. The standard InChI is InChI=1S/C18H31N3/c1-18(2,3)19-16-10-12-21(13-11-16)14-15-6-8-17(9-7-15)20(4)5/h6-9,16,19H,10-14H2,1-5H3. The number of piperidine rings is 1. The number of likely N-dealkylation sites (tertiary alicyclic amines) is 1. The van der Waals surface area contributed by atoms with Crippen LogP contribution in [-0.2, 0) is 6.54 Å². The van der Waals surface area contributed by atoms with Crippen LogP contribution in [0.3, 0.4) is 0 Å². The summed E-state index contributed by atoms with van der Waals surface area (Å²) in [4.78, 5) is 4.72. The van der Waals surface area contributed by atoms with Crippen LogP contribution in [0.15, 0.2) is 24.3 Å². The first-order valence-corrected chi connectivity index (χ1v) is 8.10. The summed E-state index contributed by atoms with van der Waals surface area (Å²) in [6.07, 6.45) is 2.51. The van der Waals surface area contributed by atoms with Gasteiger partial charge in [-0.25, -0.2) is 0 Å². The van der Waals surface area contributed by atoms with Gasteiger partial charge in [0.1, 0.15) is 0 Å². The van der Waals surface area contributed by atoms with E-state index >= 15 is 0 Å². The third kappa shape index (κ3) is 5.33. The van der Waals surface area contributed by atoms with Gasteiger partial charge in [0.2, 0.25) is 0 Å². The number of benzene rings is 1. The fourth-order valence-corrected chi connectivity index (χ4v) is 3.01. The SMILES string of the molecule is CN(C)c1ccc(CN2CCC(NC(C)(C)C)CC2)cc1. The summed E-state index contributed by atoms with van der Waals surface area (Å²) >= 11 is 0. The van der Waals surface area contributed by atoms with Crippen molar-refractivity contribution in [2.24, 2.45) is 0 Å². The highest BCUT2D eigenvalue weighted by molar-refractivity contribution is 5.45. The quantitative estimate of drug-likeness (QED) is 0.919. The summed E-state index contributed by atoms with van der Waals surface area (Å²) in [6.45, 7) is 10.2. The number of rotatable bonds is 4. The number of nitrogens with one attached hydrogen (secondary N) is 1. The highest BCUT2D eigenvalue weighted by Gasteiger charge is 2.22. The fourth-order valence-electron chi connectivity index (χ4n) is 3.01. The molecule has 2 rings (SSSR count). The van der Waals surface area contributed by atoms with E-state index in [1.807, 2.05) is 0 Å². The third-order valence-corrected chi connectivity index (χ3v) is 4.08. The first-order chi connectivity index (χ1) is 9.83. The number of anilines is 1. The van der Waals surface area contributed by atoms with Gasteiger partial charge in [-0.3, -0.25) is 4.90 Å². The van der Waals surface area contributed by atoms with E-state index in [0.29, 0.717) is 6.04 Å². The van der Waals surface area contributed by atoms with E-state index in [4.69, 9.17) is 0 Å². The molecular formula is C18H31N3. The predicted octanol–water partition coefficient (Wildman–Crippen LogP) is 3.11. The fraction of sp³-hybridized carbons (Fsp3) is 0.667. The Morgan fingerprint density at radius 2 is 1.67 bits per heavy atom. The van der Waals surface area contributed by atoms with E-state index in [1.54, 1.807) is 0 Å². The van der Waals surface area contributed by atoms with Crippen LogP contribution in [0.25, 0.3) is 0 Å². The maximum atomic E-state index is 3.73. The minimum atomic E-state index is 0.231. The molecule has 1 N–H and O–H groups in total. The van der Waals surface area contributed by atoms with Gasteiger partial charge in [0.25, 0.3) is 0 Å². The van der Waals surface area contributed by atoms with E-state index in [-0.39, 0.29) is 5.54 Å². The molecule has 1 aliphatic heterocycles. The van der Waals surface area contributed by atoms with Crippen LogP contribution >= 0.6 is 0 Å². The predicted molar refractivity (Wildman–Crippen MR) is 92.0 cm³/mol. The first-order valence-electron chi connectivity index (χ1n) is 8.10. The van der Waals surface area contributed by atoms with E-state index in [9.17, 15) is 0 Å². The maximum absolute atomic E-state index is 3.73.